The van der Waals surface area contributed by atoms with Crippen LogP contribution in [0, 0.1) is 0 Å². The van der Waals surface area contributed by atoms with Crippen LogP contribution in [0.3, 0.4) is 0 Å². The molecule has 0 aromatic carbocycles. The molecular formula is H7AlMnO8S2. The van der Waals surface area contributed by atoms with E-state index in [1.165, 1.54) is 0 Å². The summed E-state index contributed by atoms with van der Waals surface area (Å²) in [7, 11) is -9.33. The average Bonchev–Trinajstić information content (AvgIpc) is 1.12. The van der Waals surface area contributed by atoms with Crippen LogP contribution >= 0.6 is 0 Å². The van der Waals surface area contributed by atoms with Gasteiger partial charge in [0.1, 0.15) is 0 Å². The van der Waals surface area contributed by atoms with Crippen molar-refractivity contribution in [3.8, 4) is 0 Å². The number of hydrogen-bond donors (Lipinski definition) is 4. The van der Waals surface area contributed by atoms with Gasteiger partial charge in [-0.05, 0) is 0 Å². The molecule has 12 heteroatoms. The Morgan fingerprint density at radius 1 is 0.667 bits per heavy atom. The Morgan fingerprint density at radius 3 is 0.667 bits per heavy atom. The second-order valence-electron chi connectivity index (χ2n) is 0.896. The van der Waals surface area contributed by atoms with E-state index in [1.54, 1.807) is 0 Å². The van der Waals surface area contributed by atoms with E-state index in [-0.39, 0.29) is 34.4 Å². The Morgan fingerprint density at radius 2 is 0.667 bits per heavy atom. The average molecular weight is 281 g/mol. The maximum atomic E-state index is 8.74. The molecule has 0 aliphatic heterocycles. The van der Waals surface area contributed by atoms with Crippen LogP contribution < -0.4 is 0 Å². The molecule has 0 aromatic heterocycles. The van der Waals surface area contributed by atoms with Crippen LogP contribution in [0.4, 0.5) is 0 Å². The summed E-state index contributed by atoms with van der Waals surface area (Å²) >= 11 is 0. The normalized spacial score (nSPS) is 9.67. The molecule has 0 fully saturated rings. The van der Waals surface area contributed by atoms with E-state index in [9.17, 15) is 0 Å². The molecule has 0 saturated carbocycles. The molecule has 0 rings (SSSR count). The van der Waals surface area contributed by atoms with Gasteiger partial charge in [0.15, 0.2) is 17.4 Å². The molecule has 0 aliphatic carbocycles. The summed E-state index contributed by atoms with van der Waals surface area (Å²) in [5.41, 5.74) is 0. The predicted octanol–water partition coefficient (Wildman–Crippen LogP) is -2.49. The summed E-state index contributed by atoms with van der Waals surface area (Å²) < 4.78 is 63.2. The fraction of sp³-hybridized carbons (Fsp3) is 0. The molecular weight excluding hydrogens is 274 g/mol. The van der Waals surface area contributed by atoms with Crippen molar-refractivity contribution in [2.24, 2.45) is 0 Å². The molecule has 77 valence electrons. The van der Waals surface area contributed by atoms with Gasteiger partial charge in [0.25, 0.3) is 0 Å². The van der Waals surface area contributed by atoms with Crippen molar-refractivity contribution in [1.82, 2.24) is 0 Å². The van der Waals surface area contributed by atoms with E-state index in [0.717, 1.165) is 0 Å². The van der Waals surface area contributed by atoms with Crippen LogP contribution in [0.25, 0.3) is 0 Å². The van der Waals surface area contributed by atoms with Gasteiger partial charge in [0.2, 0.25) is 0 Å². The van der Waals surface area contributed by atoms with Crippen LogP contribution in [0.15, 0.2) is 0 Å². The summed E-state index contributed by atoms with van der Waals surface area (Å²) in [5.74, 6) is 0. The van der Waals surface area contributed by atoms with E-state index < -0.39 is 20.8 Å². The zero-order valence-electron chi connectivity index (χ0n) is 4.62. The second-order valence-corrected chi connectivity index (χ2v) is 2.69. The van der Waals surface area contributed by atoms with Crippen LogP contribution in [-0.4, -0.2) is 52.4 Å². The Hall–Kier alpha value is 0.792. The molecule has 0 aromatic rings. The summed E-state index contributed by atoms with van der Waals surface area (Å²) in [5, 5.41) is 0. The fourth-order valence-corrected chi connectivity index (χ4v) is 0. The van der Waals surface area contributed by atoms with E-state index in [1.807, 2.05) is 0 Å². The molecule has 12 heavy (non-hydrogen) atoms. The van der Waals surface area contributed by atoms with Crippen molar-refractivity contribution in [2.75, 3.05) is 0 Å². The van der Waals surface area contributed by atoms with Crippen LogP contribution in [-0.2, 0) is 37.9 Å². The van der Waals surface area contributed by atoms with Crippen molar-refractivity contribution in [3.05, 3.63) is 0 Å². The molecule has 8 nitrogen and oxygen atoms in total. The smallest absolute Gasteiger partial charge is 0.264 e. The Balaban J connectivity index is -0.0000000457. The van der Waals surface area contributed by atoms with Gasteiger partial charge in [-0.2, -0.15) is 16.8 Å². The van der Waals surface area contributed by atoms with Crippen LogP contribution in [0.2, 0.25) is 0 Å². The minimum Gasteiger partial charge on any atom is -0.264 e. The Kier molecular flexibility index (Phi) is 16.1. The molecule has 0 heterocycles. The van der Waals surface area contributed by atoms with Crippen molar-refractivity contribution >= 4 is 38.2 Å². The summed E-state index contributed by atoms with van der Waals surface area (Å²) in [6.45, 7) is 0. The quantitative estimate of drug-likeness (QED) is 0.281. The van der Waals surface area contributed by atoms with Crippen LogP contribution in [0.5, 0.6) is 0 Å². The van der Waals surface area contributed by atoms with Crippen molar-refractivity contribution in [1.29, 1.82) is 0 Å². The maximum Gasteiger partial charge on any atom is 0.394 e. The standard InChI is InChI=1S/Al.Mn.2H2O4S.3H/c;;2*1-5(2,3)4;;;/h;;2*(H2,1,2,3,4);;;. The van der Waals surface area contributed by atoms with E-state index in [4.69, 9.17) is 35.0 Å². The number of hydrogen-bond acceptors (Lipinski definition) is 4. The van der Waals surface area contributed by atoms with Gasteiger partial charge in [0, 0.05) is 17.1 Å². The Bertz CT molecular complexity index is 213. The van der Waals surface area contributed by atoms with Gasteiger partial charge >= 0.3 is 20.8 Å². The second kappa shape index (κ2) is 8.39. The Labute approximate surface area is 90.1 Å². The number of rotatable bonds is 0. The summed E-state index contributed by atoms with van der Waals surface area (Å²) in [4.78, 5) is 0. The van der Waals surface area contributed by atoms with Gasteiger partial charge in [-0.25, -0.2) is 0 Å². The van der Waals surface area contributed by atoms with Gasteiger partial charge in [0.05, 0.1) is 0 Å². The molecule has 0 atom stereocenters. The minimum atomic E-state index is -4.67. The SMILES string of the molecule is O=S(=O)(O)O.O=S(=O)(O)O.[AlH3].[Mn]. The molecule has 0 spiro atoms. The molecule has 0 bridgehead atoms. The fourth-order valence-electron chi connectivity index (χ4n) is 0. The summed E-state index contributed by atoms with van der Waals surface area (Å²) in [6.07, 6.45) is 0. The zero-order valence-corrected chi connectivity index (χ0v) is 7.43. The first kappa shape index (κ1) is 23.0. The van der Waals surface area contributed by atoms with E-state index in [0.29, 0.717) is 0 Å². The van der Waals surface area contributed by atoms with Crippen molar-refractivity contribution in [2.45, 2.75) is 0 Å². The monoisotopic (exact) mass is 281 g/mol. The van der Waals surface area contributed by atoms with Gasteiger partial charge in [-0.1, -0.05) is 0 Å². The van der Waals surface area contributed by atoms with Crippen molar-refractivity contribution < 1.29 is 52.1 Å². The molecule has 0 amide bonds. The molecule has 0 unspecified atom stereocenters. The predicted molar refractivity (Wildman–Crippen MR) is 38.3 cm³/mol. The van der Waals surface area contributed by atoms with Gasteiger partial charge < -0.3 is 0 Å². The maximum absolute atomic E-state index is 8.74. The molecule has 1 radical (unpaired) electrons. The van der Waals surface area contributed by atoms with Crippen LogP contribution in [0.1, 0.15) is 0 Å². The first-order valence-electron chi connectivity index (χ1n) is 1.40. The molecule has 0 aliphatic rings. The summed E-state index contributed by atoms with van der Waals surface area (Å²) in [6, 6.07) is 0. The zero-order chi connectivity index (χ0) is 9.00. The third-order valence-corrected chi connectivity index (χ3v) is 0. The van der Waals surface area contributed by atoms with E-state index >= 15 is 0 Å². The largest absolute Gasteiger partial charge is 0.394 e. The molecule has 4 N–H and O–H groups in total. The topological polar surface area (TPSA) is 149 Å². The van der Waals surface area contributed by atoms with Crippen molar-refractivity contribution in [3.63, 3.8) is 0 Å². The van der Waals surface area contributed by atoms with E-state index in [2.05, 4.69) is 0 Å². The van der Waals surface area contributed by atoms with Gasteiger partial charge in [-0.3, -0.25) is 18.2 Å². The molecule has 0 saturated heterocycles. The first-order valence-corrected chi connectivity index (χ1v) is 4.19. The first-order chi connectivity index (χ1) is 4.00. The third kappa shape index (κ3) is 1650. The van der Waals surface area contributed by atoms with Gasteiger partial charge in [-0.15, -0.1) is 0 Å². The minimum absolute atomic E-state index is 0. The third-order valence-electron chi connectivity index (χ3n) is 0.